The van der Waals surface area contributed by atoms with Crippen molar-refractivity contribution in [2.45, 2.75) is 26.3 Å². The fraction of sp³-hybridized carbons (Fsp3) is 0.318. The summed E-state index contributed by atoms with van der Waals surface area (Å²) in [6.07, 6.45) is 6.65. The Morgan fingerprint density at radius 3 is 2.81 bits per heavy atom. The summed E-state index contributed by atoms with van der Waals surface area (Å²) in [5.41, 5.74) is 1.01. The van der Waals surface area contributed by atoms with Crippen molar-refractivity contribution in [3.63, 3.8) is 0 Å². The van der Waals surface area contributed by atoms with Gasteiger partial charge < -0.3 is 9.73 Å². The second-order valence-electron chi connectivity index (χ2n) is 7.72. The number of benzene rings is 1. The average molecular weight is 435 g/mol. The molecule has 4 heterocycles. The van der Waals surface area contributed by atoms with Crippen molar-refractivity contribution in [1.29, 1.82) is 0 Å². The minimum atomic E-state index is -0.0194. The number of piperidine rings is 1. The van der Waals surface area contributed by atoms with E-state index in [1.165, 1.54) is 0 Å². The van der Waals surface area contributed by atoms with Gasteiger partial charge in [-0.25, -0.2) is 9.97 Å². The van der Waals surface area contributed by atoms with E-state index in [2.05, 4.69) is 36.4 Å². The third-order valence-electron chi connectivity index (χ3n) is 5.55. The molecule has 0 bridgehead atoms. The van der Waals surface area contributed by atoms with Crippen molar-refractivity contribution in [3.8, 4) is 10.6 Å². The molecule has 0 saturated carbocycles. The number of hydrogen-bond acceptors (Lipinski definition) is 8. The minimum absolute atomic E-state index is 0.0194. The van der Waals surface area contributed by atoms with Gasteiger partial charge in [-0.15, -0.1) is 10.2 Å². The highest BCUT2D eigenvalue weighted by molar-refractivity contribution is 7.14. The van der Waals surface area contributed by atoms with Crippen LogP contribution in [0.2, 0.25) is 0 Å². The maximum atomic E-state index is 12.8. The first-order valence-electron chi connectivity index (χ1n) is 10.3. The number of likely N-dealkylation sites (tertiary alicyclic amines) is 1. The zero-order valence-corrected chi connectivity index (χ0v) is 17.9. The van der Waals surface area contributed by atoms with Gasteiger partial charge >= 0.3 is 0 Å². The number of carbonyl (C=O) groups is 1. The van der Waals surface area contributed by atoms with Gasteiger partial charge in [-0.1, -0.05) is 23.5 Å². The SMILES string of the molecule is Cc1nnc(-c2ccc3cnc(NC(=O)C4CCN(Cc5ncco5)CC4)cc3c2)s1. The van der Waals surface area contributed by atoms with E-state index in [1.54, 1.807) is 30.0 Å². The predicted octanol–water partition coefficient (Wildman–Crippen LogP) is 3.90. The normalized spacial score (nSPS) is 15.4. The number of rotatable bonds is 5. The molecule has 4 aromatic rings. The monoisotopic (exact) mass is 434 g/mol. The molecule has 0 radical (unpaired) electrons. The Morgan fingerprint density at radius 1 is 1.19 bits per heavy atom. The molecular weight excluding hydrogens is 412 g/mol. The highest BCUT2D eigenvalue weighted by Crippen LogP contribution is 2.28. The van der Waals surface area contributed by atoms with Gasteiger partial charge in [0.2, 0.25) is 11.8 Å². The molecule has 0 unspecified atom stereocenters. The maximum absolute atomic E-state index is 12.8. The van der Waals surface area contributed by atoms with Crippen LogP contribution >= 0.6 is 11.3 Å². The van der Waals surface area contributed by atoms with Crippen LogP contribution in [0.5, 0.6) is 0 Å². The zero-order chi connectivity index (χ0) is 21.2. The summed E-state index contributed by atoms with van der Waals surface area (Å²) >= 11 is 1.56. The number of fused-ring (bicyclic) bond motifs is 1. The number of amides is 1. The Hall–Kier alpha value is -3.17. The van der Waals surface area contributed by atoms with Crippen LogP contribution in [0, 0.1) is 12.8 Å². The number of aromatic nitrogens is 4. The van der Waals surface area contributed by atoms with Crippen LogP contribution in [-0.4, -0.2) is 44.1 Å². The molecule has 0 aliphatic carbocycles. The van der Waals surface area contributed by atoms with E-state index >= 15 is 0 Å². The molecule has 1 amide bonds. The van der Waals surface area contributed by atoms with Crippen molar-refractivity contribution in [3.05, 3.63) is 53.8 Å². The van der Waals surface area contributed by atoms with Gasteiger partial charge in [0.05, 0.1) is 12.7 Å². The smallest absolute Gasteiger partial charge is 0.228 e. The summed E-state index contributed by atoms with van der Waals surface area (Å²) in [6, 6.07) is 8.02. The average Bonchev–Trinajstić information content (AvgIpc) is 3.45. The molecule has 1 saturated heterocycles. The van der Waals surface area contributed by atoms with Crippen molar-refractivity contribution in [2.24, 2.45) is 5.92 Å². The Kier molecular flexibility index (Phi) is 5.44. The molecule has 0 spiro atoms. The summed E-state index contributed by atoms with van der Waals surface area (Å²) in [4.78, 5) is 23.7. The van der Waals surface area contributed by atoms with Gasteiger partial charge in [0.25, 0.3) is 0 Å². The van der Waals surface area contributed by atoms with Gasteiger partial charge in [0.1, 0.15) is 22.1 Å². The summed E-state index contributed by atoms with van der Waals surface area (Å²) in [6.45, 7) is 4.31. The molecule has 158 valence electrons. The third-order valence-corrected chi connectivity index (χ3v) is 6.43. The van der Waals surface area contributed by atoms with Gasteiger partial charge in [-0.2, -0.15) is 0 Å². The summed E-state index contributed by atoms with van der Waals surface area (Å²) < 4.78 is 5.32. The Balaban J connectivity index is 1.24. The van der Waals surface area contributed by atoms with Crippen molar-refractivity contribution < 1.29 is 9.21 Å². The second-order valence-corrected chi connectivity index (χ2v) is 8.90. The minimum Gasteiger partial charge on any atom is -0.448 e. The maximum Gasteiger partial charge on any atom is 0.228 e. The second kappa shape index (κ2) is 8.52. The number of nitrogens with one attached hydrogen (secondary N) is 1. The van der Waals surface area contributed by atoms with E-state index in [1.807, 2.05) is 25.1 Å². The van der Waals surface area contributed by atoms with Crippen LogP contribution in [0.4, 0.5) is 5.82 Å². The van der Waals surface area contributed by atoms with Crippen LogP contribution in [-0.2, 0) is 11.3 Å². The summed E-state index contributed by atoms with van der Waals surface area (Å²) in [5, 5.41) is 15.2. The van der Waals surface area contributed by atoms with E-state index in [4.69, 9.17) is 4.42 Å². The Bertz CT molecular complexity index is 1200. The first kappa shape index (κ1) is 19.8. The Labute approximate surface area is 183 Å². The van der Waals surface area contributed by atoms with E-state index in [9.17, 15) is 4.79 Å². The number of pyridine rings is 1. The lowest BCUT2D eigenvalue weighted by Crippen LogP contribution is -2.37. The fourth-order valence-corrected chi connectivity index (χ4v) is 4.55. The first-order chi connectivity index (χ1) is 15.1. The van der Waals surface area contributed by atoms with Crippen LogP contribution in [0.3, 0.4) is 0 Å². The molecule has 1 fully saturated rings. The highest BCUT2D eigenvalue weighted by atomic mass is 32.1. The quantitative estimate of drug-likeness (QED) is 0.509. The molecule has 5 rings (SSSR count). The molecule has 1 aromatic carbocycles. The molecule has 1 N–H and O–H groups in total. The fourth-order valence-electron chi connectivity index (χ4n) is 3.86. The van der Waals surface area contributed by atoms with Gasteiger partial charge in [0, 0.05) is 23.1 Å². The summed E-state index contributed by atoms with van der Waals surface area (Å²) in [7, 11) is 0. The molecule has 3 aromatic heterocycles. The van der Waals surface area contributed by atoms with Crippen molar-refractivity contribution >= 4 is 33.8 Å². The molecular formula is C22H22N6O2S. The third kappa shape index (κ3) is 4.47. The number of hydrogen-bond donors (Lipinski definition) is 1. The lowest BCUT2D eigenvalue weighted by Gasteiger charge is -2.30. The lowest BCUT2D eigenvalue weighted by molar-refractivity contribution is -0.121. The number of aryl methyl sites for hydroxylation is 1. The van der Waals surface area contributed by atoms with E-state index in [0.29, 0.717) is 18.3 Å². The van der Waals surface area contributed by atoms with Gasteiger partial charge in [-0.3, -0.25) is 9.69 Å². The summed E-state index contributed by atoms with van der Waals surface area (Å²) in [5.74, 6) is 1.30. The van der Waals surface area contributed by atoms with Crippen molar-refractivity contribution in [1.82, 2.24) is 25.1 Å². The molecule has 31 heavy (non-hydrogen) atoms. The number of carbonyl (C=O) groups excluding carboxylic acids is 1. The van der Waals surface area contributed by atoms with Gasteiger partial charge in [0.15, 0.2) is 0 Å². The molecule has 8 nitrogen and oxygen atoms in total. The number of oxazole rings is 1. The molecule has 0 atom stereocenters. The Morgan fingerprint density at radius 2 is 2.06 bits per heavy atom. The lowest BCUT2D eigenvalue weighted by atomic mass is 9.96. The van der Waals surface area contributed by atoms with Gasteiger partial charge in [-0.05, 0) is 50.4 Å². The highest BCUT2D eigenvalue weighted by Gasteiger charge is 2.26. The standard InChI is InChI=1S/C22H22N6O2S/c1-14-26-27-22(31-14)16-2-3-17-12-24-19(11-18(17)10-16)25-21(29)15-4-7-28(8-5-15)13-20-23-6-9-30-20/h2-3,6,9-12,15H,4-5,7-8,13H2,1H3,(H,24,25,29). The number of anilines is 1. The zero-order valence-electron chi connectivity index (χ0n) is 17.1. The predicted molar refractivity (Wildman–Crippen MR) is 119 cm³/mol. The van der Waals surface area contributed by atoms with Crippen LogP contribution < -0.4 is 5.32 Å². The van der Waals surface area contributed by atoms with Crippen molar-refractivity contribution in [2.75, 3.05) is 18.4 Å². The first-order valence-corrected chi connectivity index (χ1v) is 11.1. The van der Waals surface area contributed by atoms with Crippen LogP contribution in [0.1, 0.15) is 23.7 Å². The molecule has 1 aliphatic heterocycles. The number of nitrogens with zero attached hydrogens (tertiary/aromatic N) is 5. The van der Waals surface area contributed by atoms with Crippen LogP contribution in [0.25, 0.3) is 21.3 Å². The van der Waals surface area contributed by atoms with E-state index in [0.717, 1.165) is 52.3 Å². The molecule has 9 heteroatoms. The topological polar surface area (TPSA) is 97.0 Å². The van der Waals surface area contributed by atoms with E-state index in [-0.39, 0.29) is 11.8 Å². The largest absolute Gasteiger partial charge is 0.448 e. The molecule has 1 aliphatic rings. The van der Waals surface area contributed by atoms with Crippen LogP contribution in [0.15, 0.2) is 47.3 Å². The van der Waals surface area contributed by atoms with E-state index < -0.39 is 0 Å².